The molecule has 0 aliphatic rings. The van der Waals surface area contributed by atoms with Crippen molar-refractivity contribution in [2.24, 2.45) is 5.73 Å². The molecule has 1 amide bonds. The minimum absolute atomic E-state index is 0.105. The van der Waals surface area contributed by atoms with E-state index in [1.807, 2.05) is 0 Å². The van der Waals surface area contributed by atoms with Crippen LogP contribution in [0.4, 0.5) is 0 Å². The summed E-state index contributed by atoms with van der Waals surface area (Å²) in [7, 11) is 0. The Hall–Kier alpha value is -1.76. The molecule has 7 nitrogen and oxygen atoms in total. The summed E-state index contributed by atoms with van der Waals surface area (Å²) in [6.07, 6.45) is 0. The van der Waals surface area contributed by atoms with E-state index in [-0.39, 0.29) is 16.4 Å². The van der Waals surface area contributed by atoms with Crippen LogP contribution in [0, 0.1) is 0 Å². The minimum Gasteiger partial charge on any atom is -0.365 e. The molecule has 0 atom stereocenters. The Labute approximate surface area is 76.5 Å². The summed E-state index contributed by atoms with van der Waals surface area (Å²) in [5.41, 5.74) is 5.41. The van der Waals surface area contributed by atoms with Crippen molar-refractivity contribution in [3.05, 3.63) is 16.8 Å². The van der Waals surface area contributed by atoms with Crippen LogP contribution in [0.5, 0.6) is 0 Å². The van der Waals surface area contributed by atoms with Crippen molar-refractivity contribution in [3.63, 3.8) is 0 Å². The molecular formula is C5H3ClN6O. The van der Waals surface area contributed by atoms with Gasteiger partial charge < -0.3 is 5.73 Å². The predicted octanol–water partition coefficient (Wildman–Crippen LogP) is -0.728. The van der Waals surface area contributed by atoms with E-state index in [0.717, 1.165) is 4.63 Å². The largest absolute Gasteiger partial charge is 0.365 e. The Morgan fingerprint density at radius 1 is 1.62 bits per heavy atom. The van der Waals surface area contributed by atoms with E-state index in [1.165, 1.54) is 6.07 Å². The highest BCUT2D eigenvalue weighted by molar-refractivity contribution is 6.29. The fourth-order valence-electron chi connectivity index (χ4n) is 0.896. The molecule has 0 unspecified atom stereocenters. The number of nitrogens with two attached hydrogens (primary N) is 1. The van der Waals surface area contributed by atoms with Crippen LogP contribution in [-0.4, -0.2) is 31.2 Å². The molecule has 0 aliphatic carbocycles. The lowest BCUT2D eigenvalue weighted by atomic mass is 10.3. The minimum atomic E-state index is -0.649. The first-order valence-electron chi connectivity index (χ1n) is 3.23. The topological polar surface area (TPSA) is 99.1 Å². The number of amides is 1. The average Bonchev–Trinajstić information content (AvgIpc) is 2.49. The van der Waals surface area contributed by atoms with Gasteiger partial charge in [-0.05, 0) is 16.5 Å². The smallest absolute Gasteiger partial charge is 0.252 e. The van der Waals surface area contributed by atoms with Crippen LogP contribution in [0.1, 0.15) is 10.4 Å². The number of tetrazole rings is 1. The molecule has 66 valence electrons. The van der Waals surface area contributed by atoms with Gasteiger partial charge in [0.25, 0.3) is 5.91 Å². The number of hydrogen-bond donors (Lipinski definition) is 1. The number of primary amides is 1. The fourth-order valence-corrected chi connectivity index (χ4v) is 1.08. The second-order valence-electron chi connectivity index (χ2n) is 2.24. The van der Waals surface area contributed by atoms with Crippen LogP contribution in [0.3, 0.4) is 0 Å². The van der Waals surface area contributed by atoms with Gasteiger partial charge in [-0.25, -0.2) is 0 Å². The van der Waals surface area contributed by atoms with Crippen molar-refractivity contribution in [2.45, 2.75) is 0 Å². The predicted molar refractivity (Wildman–Crippen MR) is 42.1 cm³/mol. The van der Waals surface area contributed by atoms with Crippen molar-refractivity contribution >= 4 is 23.2 Å². The van der Waals surface area contributed by atoms with E-state index in [1.54, 1.807) is 0 Å². The molecule has 0 saturated carbocycles. The lowest BCUT2D eigenvalue weighted by molar-refractivity contribution is 0.100. The first kappa shape index (κ1) is 7.87. The molecule has 0 fully saturated rings. The standard InChI is InChI=1S/C5H3ClN6O/c6-3-1-2(4(7)13)5-8-10-11-12(5)9-3/h1H,(H2,7,13). The summed E-state index contributed by atoms with van der Waals surface area (Å²) in [6.45, 7) is 0. The molecular weight excluding hydrogens is 196 g/mol. The maximum atomic E-state index is 10.9. The Balaban J connectivity index is 2.84. The van der Waals surface area contributed by atoms with Crippen LogP contribution in [-0.2, 0) is 0 Å². The molecule has 13 heavy (non-hydrogen) atoms. The molecule has 0 aromatic carbocycles. The van der Waals surface area contributed by atoms with E-state index in [9.17, 15) is 4.79 Å². The molecule has 0 aliphatic heterocycles. The first-order valence-corrected chi connectivity index (χ1v) is 3.61. The van der Waals surface area contributed by atoms with Gasteiger partial charge >= 0.3 is 0 Å². The molecule has 8 heteroatoms. The van der Waals surface area contributed by atoms with Crippen LogP contribution in [0.15, 0.2) is 6.07 Å². The summed E-state index contributed by atoms with van der Waals surface area (Å²) >= 11 is 5.59. The maximum absolute atomic E-state index is 10.9. The van der Waals surface area contributed by atoms with Crippen LogP contribution >= 0.6 is 11.6 Å². The van der Waals surface area contributed by atoms with Gasteiger partial charge in [0, 0.05) is 0 Å². The average molecular weight is 199 g/mol. The third-order valence-electron chi connectivity index (χ3n) is 1.41. The SMILES string of the molecule is NC(=O)c1cc(Cl)nn2nnnc12. The zero-order valence-electron chi connectivity index (χ0n) is 6.18. The van der Waals surface area contributed by atoms with E-state index < -0.39 is 5.91 Å². The normalized spacial score (nSPS) is 10.5. The van der Waals surface area contributed by atoms with Crippen molar-refractivity contribution in [3.8, 4) is 0 Å². The van der Waals surface area contributed by atoms with Gasteiger partial charge in [-0.2, -0.15) is 0 Å². The zero-order valence-corrected chi connectivity index (χ0v) is 6.93. The molecule has 0 radical (unpaired) electrons. The van der Waals surface area contributed by atoms with Crippen LogP contribution in [0.2, 0.25) is 5.15 Å². The molecule has 0 spiro atoms. The van der Waals surface area contributed by atoms with Gasteiger partial charge in [-0.1, -0.05) is 11.6 Å². The second kappa shape index (κ2) is 2.63. The highest BCUT2D eigenvalue weighted by atomic mass is 35.5. The Morgan fingerprint density at radius 3 is 3.08 bits per heavy atom. The lowest BCUT2D eigenvalue weighted by Gasteiger charge is -1.96. The molecule has 2 N–H and O–H groups in total. The van der Waals surface area contributed by atoms with E-state index in [0.29, 0.717) is 0 Å². The molecule has 0 saturated heterocycles. The quantitative estimate of drug-likeness (QED) is 0.651. The summed E-state index contributed by atoms with van der Waals surface area (Å²) in [4.78, 5) is 10.9. The number of carbonyl (C=O) groups is 1. The molecule has 2 aromatic rings. The Kier molecular flexibility index (Phi) is 1.59. The van der Waals surface area contributed by atoms with Gasteiger partial charge in [0.15, 0.2) is 5.15 Å². The van der Waals surface area contributed by atoms with Gasteiger partial charge in [-0.15, -0.1) is 14.8 Å². The number of carbonyl (C=O) groups excluding carboxylic acids is 1. The zero-order chi connectivity index (χ0) is 9.42. The van der Waals surface area contributed by atoms with Crippen LogP contribution in [0.25, 0.3) is 5.65 Å². The van der Waals surface area contributed by atoms with Crippen molar-refractivity contribution < 1.29 is 4.79 Å². The molecule has 2 aromatic heterocycles. The lowest BCUT2D eigenvalue weighted by Crippen LogP contribution is -2.14. The highest BCUT2D eigenvalue weighted by Gasteiger charge is 2.12. The maximum Gasteiger partial charge on any atom is 0.252 e. The van der Waals surface area contributed by atoms with Gasteiger partial charge in [0.1, 0.15) is 0 Å². The summed E-state index contributed by atoms with van der Waals surface area (Å²) in [5.74, 6) is -0.649. The first-order chi connectivity index (χ1) is 6.18. The van der Waals surface area contributed by atoms with Crippen LogP contribution < -0.4 is 5.73 Å². The monoisotopic (exact) mass is 198 g/mol. The summed E-state index contributed by atoms with van der Waals surface area (Å²) in [6, 6.07) is 1.32. The second-order valence-corrected chi connectivity index (χ2v) is 2.62. The Morgan fingerprint density at radius 2 is 2.38 bits per heavy atom. The third kappa shape index (κ3) is 1.18. The highest BCUT2D eigenvalue weighted by Crippen LogP contribution is 2.10. The fraction of sp³-hybridized carbons (Fsp3) is 0. The van der Waals surface area contributed by atoms with Gasteiger partial charge in [0.2, 0.25) is 5.65 Å². The summed E-state index contributed by atoms with van der Waals surface area (Å²) < 4.78 is 1.04. The summed E-state index contributed by atoms with van der Waals surface area (Å²) in [5, 5.41) is 14.2. The van der Waals surface area contributed by atoms with Gasteiger partial charge in [0.05, 0.1) is 5.56 Å². The van der Waals surface area contributed by atoms with E-state index in [4.69, 9.17) is 17.3 Å². The third-order valence-corrected chi connectivity index (χ3v) is 1.60. The van der Waals surface area contributed by atoms with Gasteiger partial charge in [-0.3, -0.25) is 4.79 Å². The number of nitrogens with zero attached hydrogens (tertiary/aromatic N) is 5. The van der Waals surface area contributed by atoms with E-state index in [2.05, 4.69) is 20.6 Å². The van der Waals surface area contributed by atoms with E-state index >= 15 is 0 Å². The van der Waals surface area contributed by atoms with Crippen molar-refractivity contribution in [1.82, 2.24) is 25.3 Å². The molecule has 0 bridgehead atoms. The molecule has 2 heterocycles. The number of halogens is 1. The van der Waals surface area contributed by atoms with Crippen molar-refractivity contribution in [1.29, 1.82) is 0 Å². The number of fused-ring (bicyclic) bond motifs is 1. The Bertz CT molecular complexity index is 479. The number of aromatic nitrogens is 5. The molecule has 2 rings (SSSR count). The van der Waals surface area contributed by atoms with Crippen molar-refractivity contribution in [2.75, 3.05) is 0 Å². The number of hydrogen-bond acceptors (Lipinski definition) is 5. The number of rotatable bonds is 1.